The first-order chi connectivity index (χ1) is 12.1. The Morgan fingerprint density at radius 3 is 2.80 bits per heavy atom. The van der Waals surface area contributed by atoms with E-state index in [2.05, 4.69) is 18.2 Å². The fraction of sp³-hybridized carbons (Fsp3) is 0.333. The molecule has 0 radical (unpaired) electrons. The van der Waals surface area contributed by atoms with E-state index in [9.17, 15) is 9.50 Å². The summed E-state index contributed by atoms with van der Waals surface area (Å²) in [7, 11) is 0. The van der Waals surface area contributed by atoms with Crippen molar-refractivity contribution in [3.63, 3.8) is 0 Å². The standard InChI is InChI=1S/C21H21FO2S/c1-13-19(23)8-9-20(24-13)14-6-7-18(22)16(10-14)12-17-11-15-4-2-3-5-21(15)25-17/h2-7,10-11,13,19-20,23H,8-9,12H2,1H3/t13-,19+,20-/m1/s1. The van der Waals surface area contributed by atoms with Gasteiger partial charge in [0.15, 0.2) is 0 Å². The van der Waals surface area contributed by atoms with E-state index >= 15 is 0 Å². The first-order valence-corrected chi connectivity index (χ1v) is 9.51. The van der Waals surface area contributed by atoms with Crippen LogP contribution in [0.1, 0.15) is 41.9 Å². The van der Waals surface area contributed by atoms with Crippen LogP contribution in [0.5, 0.6) is 0 Å². The van der Waals surface area contributed by atoms with Crippen LogP contribution in [0, 0.1) is 5.82 Å². The van der Waals surface area contributed by atoms with Crippen LogP contribution >= 0.6 is 11.3 Å². The van der Waals surface area contributed by atoms with Gasteiger partial charge in [0.05, 0.1) is 18.3 Å². The van der Waals surface area contributed by atoms with Crippen molar-refractivity contribution in [3.05, 3.63) is 70.4 Å². The van der Waals surface area contributed by atoms with Crippen molar-refractivity contribution in [2.24, 2.45) is 0 Å². The van der Waals surface area contributed by atoms with Gasteiger partial charge in [0, 0.05) is 16.0 Å². The Balaban J connectivity index is 1.59. The Morgan fingerprint density at radius 2 is 2.00 bits per heavy atom. The zero-order chi connectivity index (χ0) is 17.4. The Morgan fingerprint density at radius 1 is 1.16 bits per heavy atom. The second kappa shape index (κ2) is 6.87. The molecule has 130 valence electrons. The molecule has 2 nitrogen and oxygen atoms in total. The summed E-state index contributed by atoms with van der Waals surface area (Å²) in [4.78, 5) is 1.16. The molecule has 4 rings (SSSR count). The van der Waals surface area contributed by atoms with Crippen LogP contribution in [-0.4, -0.2) is 17.3 Å². The van der Waals surface area contributed by atoms with E-state index in [0.29, 0.717) is 12.0 Å². The van der Waals surface area contributed by atoms with Crippen molar-refractivity contribution in [3.8, 4) is 0 Å². The topological polar surface area (TPSA) is 29.5 Å². The summed E-state index contributed by atoms with van der Waals surface area (Å²) in [6.45, 7) is 1.89. The second-order valence-corrected chi connectivity index (χ2v) is 7.92. The van der Waals surface area contributed by atoms with Gasteiger partial charge in [-0.15, -0.1) is 11.3 Å². The van der Waals surface area contributed by atoms with Crippen LogP contribution in [0.25, 0.3) is 10.1 Å². The Kier molecular flexibility index (Phi) is 4.59. The number of thiophene rings is 1. The molecule has 3 atom stereocenters. The van der Waals surface area contributed by atoms with Crippen LogP contribution in [0.3, 0.4) is 0 Å². The Bertz CT molecular complexity index is 855. The number of hydrogen-bond acceptors (Lipinski definition) is 3. The van der Waals surface area contributed by atoms with Gasteiger partial charge in [-0.1, -0.05) is 24.3 Å². The number of fused-ring (bicyclic) bond motifs is 1. The van der Waals surface area contributed by atoms with Gasteiger partial charge in [-0.3, -0.25) is 0 Å². The quantitative estimate of drug-likeness (QED) is 0.696. The van der Waals surface area contributed by atoms with Crippen LogP contribution < -0.4 is 0 Å². The molecule has 2 heterocycles. The van der Waals surface area contributed by atoms with E-state index in [4.69, 9.17) is 4.74 Å². The van der Waals surface area contributed by atoms with Gasteiger partial charge in [0.1, 0.15) is 5.82 Å². The average molecular weight is 356 g/mol. The predicted octanol–water partition coefficient (Wildman–Crippen LogP) is 5.23. The second-order valence-electron chi connectivity index (χ2n) is 6.75. The van der Waals surface area contributed by atoms with Gasteiger partial charge in [-0.05, 0) is 60.5 Å². The molecule has 4 heteroatoms. The molecule has 25 heavy (non-hydrogen) atoms. The third-order valence-corrected chi connectivity index (χ3v) is 6.04. The van der Waals surface area contributed by atoms with E-state index in [1.54, 1.807) is 17.4 Å². The molecule has 3 aromatic rings. The molecule has 2 aromatic carbocycles. The third kappa shape index (κ3) is 3.47. The zero-order valence-corrected chi connectivity index (χ0v) is 14.9. The highest BCUT2D eigenvalue weighted by Gasteiger charge is 2.27. The minimum atomic E-state index is -0.408. The molecule has 0 aliphatic carbocycles. The summed E-state index contributed by atoms with van der Waals surface area (Å²) in [6, 6.07) is 15.6. The lowest BCUT2D eigenvalue weighted by molar-refractivity contribution is -0.110. The molecule has 1 saturated heterocycles. The molecular formula is C21H21FO2S. The van der Waals surface area contributed by atoms with E-state index < -0.39 is 6.10 Å². The maximum Gasteiger partial charge on any atom is 0.126 e. The average Bonchev–Trinajstić information content (AvgIpc) is 3.01. The van der Waals surface area contributed by atoms with E-state index in [1.165, 1.54) is 16.2 Å². The largest absolute Gasteiger partial charge is 0.390 e. The van der Waals surface area contributed by atoms with Crippen molar-refractivity contribution in [2.75, 3.05) is 0 Å². The lowest BCUT2D eigenvalue weighted by atomic mass is 9.95. The Labute approximate surface area is 150 Å². The molecule has 0 amide bonds. The van der Waals surface area contributed by atoms with Gasteiger partial charge < -0.3 is 9.84 Å². The SMILES string of the molecule is C[C@H]1O[C@@H](c2ccc(F)c(Cc3cc4ccccc4s3)c2)CC[C@@H]1O. The first kappa shape index (κ1) is 16.7. The molecule has 1 aromatic heterocycles. The van der Waals surface area contributed by atoms with Crippen LogP contribution in [0.4, 0.5) is 4.39 Å². The number of rotatable bonds is 3. The van der Waals surface area contributed by atoms with Gasteiger partial charge in [0.2, 0.25) is 0 Å². The molecule has 1 aliphatic heterocycles. The fourth-order valence-corrected chi connectivity index (χ4v) is 4.55. The van der Waals surface area contributed by atoms with Gasteiger partial charge in [-0.2, -0.15) is 0 Å². The van der Waals surface area contributed by atoms with Crippen molar-refractivity contribution >= 4 is 21.4 Å². The summed E-state index contributed by atoms with van der Waals surface area (Å²) in [5, 5.41) is 11.0. The summed E-state index contributed by atoms with van der Waals surface area (Å²) in [6.07, 6.45) is 1.41. The molecule has 0 unspecified atom stereocenters. The highest BCUT2D eigenvalue weighted by atomic mass is 32.1. The Hall–Kier alpha value is -1.75. The zero-order valence-electron chi connectivity index (χ0n) is 14.1. The van der Waals surface area contributed by atoms with Crippen LogP contribution in [-0.2, 0) is 11.2 Å². The van der Waals surface area contributed by atoms with Crippen LogP contribution in [0.15, 0.2) is 48.5 Å². The molecule has 1 aliphatic rings. The highest BCUT2D eigenvalue weighted by Crippen LogP contribution is 2.33. The normalized spacial score (nSPS) is 23.9. The first-order valence-electron chi connectivity index (χ1n) is 8.69. The van der Waals surface area contributed by atoms with Crippen LogP contribution in [0.2, 0.25) is 0 Å². The number of ether oxygens (including phenoxy) is 1. The summed E-state index contributed by atoms with van der Waals surface area (Å²) in [5.74, 6) is -0.176. The molecule has 0 bridgehead atoms. The molecule has 1 fully saturated rings. The smallest absolute Gasteiger partial charge is 0.126 e. The monoisotopic (exact) mass is 356 g/mol. The van der Waals surface area contributed by atoms with Gasteiger partial charge in [-0.25, -0.2) is 4.39 Å². The molecule has 1 N–H and O–H groups in total. The third-order valence-electron chi connectivity index (χ3n) is 4.93. The molecular weight excluding hydrogens is 335 g/mol. The minimum Gasteiger partial charge on any atom is -0.390 e. The lowest BCUT2D eigenvalue weighted by Gasteiger charge is -2.32. The number of aliphatic hydroxyl groups is 1. The lowest BCUT2D eigenvalue weighted by Crippen LogP contribution is -2.33. The minimum absolute atomic E-state index is 0.0693. The molecule has 0 saturated carbocycles. The number of aliphatic hydroxyl groups excluding tert-OH is 1. The van der Waals surface area contributed by atoms with Gasteiger partial charge >= 0.3 is 0 Å². The summed E-state index contributed by atoms with van der Waals surface area (Å²) < 4.78 is 21.5. The van der Waals surface area contributed by atoms with E-state index in [1.807, 2.05) is 25.1 Å². The molecule has 0 spiro atoms. The summed E-state index contributed by atoms with van der Waals surface area (Å²) >= 11 is 1.71. The number of halogens is 1. The maximum absolute atomic E-state index is 14.3. The van der Waals surface area contributed by atoms with Crippen molar-refractivity contribution in [2.45, 2.75) is 44.5 Å². The number of benzene rings is 2. The fourth-order valence-electron chi connectivity index (χ4n) is 3.46. The van der Waals surface area contributed by atoms with Crippen molar-refractivity contribution < 1.29 is 14.2 Å². The van der Waals surface area contributed by atoms with Crippen molar-refractivity contribution in [1.82, 2.24) is 0 Å². The highest BCUT2D eigenvalue weighted by molar-refractivity contribution is 7.19. The van der Waals surface area contributed by atoms with Gasteiger partial charge in [0.25, 0.3) is 0 Å². The van der Waals surface area contributed by atoms with E-state index in [-0.39, 0.29) is 18.0 Å². The van der Waals surface area contributed by atoms with E-state index in [0.717, 1.165) is 23.3 Å². The maximum atomic E-state index is 14.3. The van der Waals surface area contributed by atoms with Crippen molar-refractivity contribution in [1.29, 1.82) is 0 Å². The summed E-state index contributed by atoms with van der Waals surface area (Å²) in [5.41, 5.74) is 1.70. The predicted molar refractivity (Wildman–Crippen MR) is 99.6 cm³/mol. The number of hydrogen-bond donors (Lipinski definition) is 1.